The van der Waals surface area contributed by atoms with Gasteiger partial charge in [-0.25, -0.2) is 4.79 Å². The molecule has 0 bridgehead atoms. The van der Waals surface area contributed by atoms with E-state index in [4.69, 9.17) is 0 Å². The molecular formula is C12H10N4O3S. The van der Waals surface area contributed by atoms with E-state index in [1.807, 2.05) is 12.1 Å². The first kappa shape index (κ1) is 12.4. The first-order chi connectivity index (χ1) is 9.61. The van der Waals surface area contributed by atoms with Crippen LogP contribution in [0.3, 0.4) is 0 Å². The van der Waals surface area contributed by atoms with Crippen LogP contribution in [0.1, 0.15) is 4.88 Å². The predicted molar refractivity (Wildman–Crippen MR) is 77.2 cm³/mol. The molecule has 0 amide bonds. The number of nitro groups is 1. The number of hydrogen-bond donors (Lipinski definition) is 3. The smallest absolute Gasteiger partial charge is 0.324 e. The highest BCUT2D eigenvalue weighted by Crippen LogP contribution is 2.25. The van der Waals surface area contributed by atoms with E-state index in [1.54, 1.807) is 12.1 Å². The van der Waals surface area contributed by atoms with Gasteiger partial charge in [-0.05, 0) is 24.3 Å². The van der Waals surface area contributed by atoms with Gasteiger partial charge in [0, 0.05) is 23.2 Å². The average molecular weight is 290 g/mol. The number of anilines is 1. The fourth-order valence-electron chi connectivity index (χ4n) is 1.89. The van der Waals surface area contributed by atoms with E-state index in [-0.39, 0.29) is 10.7 Å². The molecule has 0 fully saturated rings. The van der Waals surface area contributed by atoms with Crippen LogP contribution in [0.4, 0.5) is 10.7 Å². The van der Waals surface area contributed by atoms with Gasteiger partial charge in [0.15, 0.2) is 0 Å². The Kier molecular flexibility index (Phi) is 2.99. The lowest BCUT2D eigenvalue weighted by molar-refractivity contribution is -0.380. The highest BCUT2D eigenvalue weighted by molar-refractivity contribution is 7.15. The van der Waals surface area contributed by atoms with Crippen molar-refractivity contribution in [1.29, 1.82) is 0 Å². The number of thiophene rings is 1. The summed E-state index contributed by atoms with van der Waals surface area (Å²) in [6.45, 7) is 0.499. The van der Waals surface area contributed by atoms with Crippen LogP contribution in [0, 0.1) is 10.1 Å². The normalized spacial score (nSPS) is 10.8. The predicted octanol–water partition coefficient (Wildman–Crippen LogP) is 2.44. The zero-order valence-corrected chi connectivity index (χ0v) is 11.0. The van der Waals surface area contributed by atoms with Crippen molar-refractivity contribution in [2.75, 3.05) is 5.32 Å². The lowest BCUT2D eigenvalue weighted by atomic mass is 10.2. The van der Waals surface area contributed by atoms with Gasteiger partial charge in [0.2, 0.25) is 0 Å². The Morgan fingerprint density at radius 2 is 2.00 bits per heavy atom. The highest BCUT2D eigenvalue weighted by Gasteiger charge is 2.09. The summed E-state index contributed by atoms with van der Waals surface area (Å²) >= 11 is 1.14. The molecule has 0 atom stereocenters. The summed E-state index contributed by atoms with van der Waals surface area (Å²) in [4.78, 5) is 27.6. The maximum Gasteiger partial charge on any atom is 0.324 e. The van der Waals surface area contributed by atoms with Gasteiger partial charge in [0.05, 0.1) is 16.0 Å². The number of aromatic nitrogens is 2. The summed E-state index contributed by atoms with van der Waals surface area (Å²) in [5.41, 5.74) is 2.05. The lowest BCUT2D eigenvalue weighted by Gasteiger charge is -2.04. The van der Waals surface area contributed by atoms with Crippen molar-refractivity contribution in [3.05, 3.63) is 55.8 Å². The molecule has 2 heterocycles. The van der Waals surface area contributed by atoms with Gasteiger partial charge >= 0.3 is 10.7 Å². The summed E-state index contributed by atoms with van der Waals surface area (Å²) in [5.74, 6) is 0. The van der Waals surface area contributed by atoms with Crippen LogP contribution in [0.25, 0.3) is 11.0 Å². The number of rotatable bonds is 4. The minimum Gasteiger partial charge on any atom is -0.380 e. The molecular weight excluding hydrogens is 280 g/mol. The highest BCUT2D eigenvalue weighted by atomic mass is 32.1. The minimum atomic E-state index is -0.398. The van der Waals surface area contributed by atoms with E-state index < -0.39 is 4.92 Å². The van der Waals surface area contributed by atoms with E-state index in [2.05, 4.69) is 15.3 Å². The van der Waals surface area contributed by atoms with E-state index in [0.717, 1.165) is 32.9 Å². The maximum atomic E-state index is 11.2. The van der Waals surface area contributed by atoms with Crippen LogP contribution in [-0.2, 0) is 6.54 Å². The van der Waals surface area contributed by atoms with Gasteiger partial charge in [-0.15, -0.1) is 0 Å². The molecule has 0 aliphatic heterocycles. The van der Waals surface area contributed by atoms with Crippen LogP contribution in [0.2, 0.25) is 0 Å². The number of aromatic amines is 2. The zero-order chi connectivity index (χ0) is 14.1. The molecule has 0 aliphatic carbocycles. The zero-order valence-electron chi connectivity index (χ0n) is 10.2. The summed E-state index contributed by atoms with van der Waals surface area (Å²) in [7, 11) is 0. The molecule has 3 aromatic rings. The molecule has 0 unspecified atom stereocenters. The third kappa shape index (κ3) is 2.41. The van der Waals surface area contributed by atoms with Gasteiger partial charge in [0.25, 0.3) is 0 Å². The van der Waals surface area contributed by atoms with Crippen molar-refractivity contribution >= 4 is 33.1 Å². The third-order valence-corrected chi connectivity index (χ3v) is 3.85. The number of imidazole rings is 1. The Labute approximate surface area is 116 Å². The van der Waals surface area contributed by atoms with Crippen LogP contribution in [0.15, 0.2) is 35.1 Å². The Morgan fingerprint density at radius 1 is 1.20 bits per heavy atom. The number of nitrogens with zero attached hydrogens (tertiary/aromatic N) is 1. The summed E-state index contributed by atoms with van der Waals surface area (Å²) in [6, 6.07) is 8.68. The van der Waals surface area contributed by atoms with Crippen molar-refractivity contribution in [2.24, 2.45) is 0 Å². The molecule has 20 heavy (non-hydrogen) atoms. The van der Waals surface area contributed by atoms with Gasteiger partial charge in [0.1, 0.15) is 0 Å². The molecule has 8 heteroatoms. The molecule has 7 nitrogen and oxygen atoms in total. The topological polar surface area (TPSA) is 104 Å². The first-order valence-corrected chi connectivity index (χ1v) is 6.62. The lowest BCUT2D eigenvalue weighted by Crippen LogP contribution is -1.99. The molecule has 3 N–H and O–H groups in total. The second kappa shape index (κ2) is 4.82. The van der Waals surface area contributed by atoms with Crippen molar-refractivity contribution in [3.8, 4) is 0 Å². The quantitative estimate of drug-likeness (QED) is 0.507. The monoisotopic (exact) mass is 290 g/mol. The number of hydrogen-bond acceptors (Lipinski definition) is 5. The third-order valence-electron chi connectivity index (χ3n) is 2.81. The molecule has 0 saturated heterocycles. The average Bonchev–Trinajstić information content (AvgIpc) is 3.00. The molecule has 102 valence electrons. The standard InChI is InChI=1S/C12H10N4O3S/c17-12-14-9-3-1-7(5-10(9)15-12)13-6-8-2-4-11(20-8)16(18)19/h1-5,13H,6H2,(H2,14,15,17). The van der Waals surface area contributed by atoms with Crippen LogP contribution >= 0.6 is 11.3 Å². The first-order valence-electron chi connectivity index (χ1n) is 5.81. The Balaban J connectivity index is 1.75. The SMILES string of the molecule is O=c1[nH]c2ccc(NCc3ccc([N+](=O)[O-])s3)cc2[nH]1. The summed E-state index contributed by atoms with van der Waals surface area (Å²) in [5, 5.41) is 13.9. The number of benzene rings is 1. The molecule has 0 radical (unpaired) electrons. The Morgan fingerprint density at radius 3 is 2.75 bits per heavy atom. The Bertz CT molecular complexity index is 832. The maximum absolute atomic E-state index is 11.2. The number of H-pyrrole nitrogens is 2. The second-order valence-electron chi connectivity index (χ2n) is 4.19. The number of fused-ring (bicyclic) bond motifs is 1. The summed E-state index contributed by atoms with van der Waals surface area (Å²) < 4.78 is 0. The minimum absolute atomic E-state index is 0.132. The molecule has 0 aliphatic rings. The van der Waals surface area contributed by atoms with Crippen LogP contribution in [-0.4, -0.2) is 14.9 Å². The summed E-state index contributed by atoms with van der Waals surface area (Å²) in [6.07, 6.45) is 0. The van der Waals surface area contributed by atoms with E-state index in [1.165, 1.54) is 6.07 Å². The van der Waals surface area contributed by atoms with Gasteiger partial charge in [-0.3, -0.25) is 10.1 Å². The number of nitrogens with one attached hydrogen (secondary N) is 3. The van der Waals surface area contributed by atoms with E-state index >= 15 is 0 Å². The Hall–Kier alpha value is -2.61. The van der Waals surface area contributed by atoms with Crippen LogP contribution < -0.4 is 11.0 Å². The van der Waals surface area contributed by atoms with Gasteiger partial charge in [-0.1, -0.05) is 11.3 Å². The fraction of sp³-hybridized carbons (Fsp3) is 0.0833. The fourth-order valence-corrected chi connectivity index (χ4v) is 2.65. The van der Waals surface area contributed by atoms with Gasteiger partial charge in [-0.2, -0.15) is 0 Å². The molecule has 1 aromatic carbocycles. The second-order valence-corrected chi connectivity index (χ2v) is 5.34. The van der Waals surface area contributed by atoms with Crippen molar-refractivity contribution < 1.29 is 4.92 Å². The van der Waals surface area contributed by atoms with Crippen LogP contribution in [0.5, 0.6) is 0 Å². The molecule has 0 saturated carbocycles. The van der Waals surface area contributed by atoms with E-state index in [9.17, 15) is 14.9 Å². The molecule has 2 aromatic heterocycles. The van der Waals surface area contributed by atoms with E-state index in [0.29, 0.717) is 6.54 Å². The molecule has 0 spiro atoms. The van der Waals surface area contributed by atoms with Gasteiger partial charge < -0.3 is 15.3 Å². The van der Waals surface area contributed by atoms with Crippen molar-refractivity contribution in [3.63, 3.8) is 0 Å². The largest absolute Gasteiger partial charge is 0.380 e. The molecule has 3 rings (SSSR count). The van der Waals surface area contributed by atoms with Crippen molar-refractivity contribution in [2.45, 2.75) is 6.54 Å². The van der Waals surface area contributed by atoms with Crippen molar-refractivity contribution in [1.82, 2.24) is 9.97 Å².